The van der Waals surface area contributed by atoms with Crippen LogP contribution in [0, 0.1) is 0 Å². The van der Waals surface area contributed by atoms with E-state index in [1.54, 1.807) is 12.1 Å². The average molecular weight is 438 g/mol. The molecule has 1 amide bonds. The normalized spacial score (nSPS) is 10.8. The molecule has 4 rings (SSSR count). The lowest BCUT2D eigenvalue weighted by Crippen LogP contribution is -2.21. The predicted molar refractivity (Wildman–Crippen MR) is 127 cm³/mol. The number of carbonyl (C=O) groups excluding carboxylic acids is 1. The van der Waals surface area contributed by atoms with Crippen molar-refractivity contribution < 1.29 is 14.6 Å². The van der Waals surface area contributed by atoms with Gasteiger partial charge in [-0.05, 0) is 25.1 Å². The number of ether oxygens (including phenoxy) is 1. The Balaban J connectivity index is 1.60. The average Bonchev–Trinajstić information content (AvgIpc) is 2.86. The first kappa shape index (κ1) is 21.7. The van der Waals surface area contributed by atoms with Crippen molar-refractivity contribution in [3.05, 3.63) is 96.3 Å². The summed E-state index contributed by atoms with van der Waals surface area (Å²) in [6, 6.07) is 25.9. The van der Waals surface area contributed by atoms with Gasteiger partial charge in [-0.3, -0.25) is 4.79 Å². The minimum atomic E-state index is -0.563. The highest BCUT2D eigenvalue weighted by molar-refractivity contribution is 5.93. The monoisotopic (exact) mass is 438 g/mol. The summed E-state index contributed by atoms with van der Waals surface area (Å²) >= 11 is 0. The number of amides is 1. The number of nitrogens with zero attached hydrogens (tertiary/aromatic N) is 3. The van der Waals surface area contributed by atoms with Gasteiger partial charge in [0, 0.05) is 22.8 Å². The zero-order valence-corrected chi connectivity index (χ0v) is 18.0. The third-order valence-corrected chi connectivity index (χ3v) is 4.75. The van der Waals surface area contributed by atoms with E-state index in [0.29, 0.717) is 29.3 Å². The summed E-state index contributed by atoms with van der Waals surface area (Å²) in [6.45, 7) is 2.36. The van der Waals surface area contributed by atoms with Gasteiger partial charge >= 0.3 is 5.91 Å². The summed E-state index contributed by atoms with van der Waals surface area (Å²) in [7, 11) is 0. The van der Waals surface area contributed by atoms with Gasteiger partial charge in [0.25, 0.3) is 0 Å². The molecule has 33 heavy (non-hydrogen) atoms. The van der Waals surface area contributed by atoms with Crippen LogP contribution in [0.25, 0.3) is 22.5 Å². The number of nitrogens with one attached hydrogen (secondary N) is 1. The van der Waals surface area contributed by atoms with Crippen molar-refractivity contribution in [2.75, 3.05) is 6.61 Å². The van der Waals surface area contributed by atoms with Crippen molar-refractivity contribution in [1.82, 2.24) is 15.4 Å². The molecular formula is C26H22N4O3. The molecule has 0 aliphatic rings. The van der Waals surface area contributed by atoms with Crippen LogP contribution in [0.15, 0.2) is 90.0 Å². The number of hydrogen-bond donors (Lipinski definition) is 2. The molecule has 0 fully saturated rings. The molecule has 0 aliphatic carbocycles. The smallest absolute Gasteiger partial charge is 0.309 e. The van der Waals surface area contributed by atoms with E-state index in [0.717, 1.165) is 11.1 Å². The number of phenolic OH excluding ortho intramolecular Hbond substituents is 1. The van der Waals surface area contributed by atoms with Crippen molar-refractivity contribution in [3.63, 3.8) is 0 Å². The lowest BCUT2D eigenvalue weighted by Gasteiger charge is -2.08. The Morgan fingerprint density at radius 2 is 1.55 bits per heavy atom. The number of aromatic nitrogens is 2. The van der Waals surface area contributed by atoms with Crippen LogP contribution in [0.3, 0.4) is 0 Å². The van der Waals surface area contributed by atoms with Crippen LogP contribution in [0.4, 0.5) is 0 Å². The molecule has 7 heteroatoms. The minimum Gasteiger partial charge on any atom is -0.507 e. The van der Waals surface area contributed by atoms with Crippen LogP contribution in [0.1, 0.15) is 23.1 Å². The molecule has 0 radical (unpaired) electrons. The summed E-state index contributed by atoms with van der Waals surface area (Å²) in [4.78, 5) is 21.7. The van der Waals surface area contributed by atoms with Crippen molar-refractivity contribution in [3.8, 4) is 34.0 Å². The second kappa shape index (κ2) is 10.2. The molecule has 0 saturated carbocycles. The van der Waals surface area contributed by atoms with E-state index in [-0.39, 0.29) is 11.6 Å². The van der Waals surface area contributed by atoms with Gasteiger partial charge in [-0.25, -0.2) is 15.4 Å². The van der Waals surface area contributed by atoms with E-state index < -0.39 is 5.91 Å². The number of benzene rings is 3. The molecule has 0 aliphatic heterocycles. The molecule has 0 atom stereocenters. The van der Waals surface area contributed by atoms with E-state index in [9.17, 15) is 9.90 Å². The zero-order valence-electron chi connectivity index (χ0n) is 18.0. The Morgan fingerprint density at radius 3 is 2.09 bits per heavy atom. The lowest BCUT2D eigenvalue weighted by molar-refractivity contribution is 0.0945. The summed E-state index contributed by atoms with van der Waals surface area (Å²) in [5.74, 6) is -0.0294. The second-order valence-electron chi connectivity index (χ2n) is 7.05. The molecular weight excluding hydrogens is 416 g/mol. The topological polar surface area (TPSA) is 96.7 Å². The molecule has 3 aromatic carbocycles. The van der Waals surface area contributed by atoms with Crippen LogP contribution >= 0.6 is 0 Å². The van der Waals surface area contributed by atoms with Crippen LogP contribution in [0.5, 0.6) is 11.5 Å². The molecule has 7 nitrogen and oxygen atoms in total. The van der Waals surface area contributed by atoms with Crippen LogP contribution in [0.2, 0.25) is 0 Å². The number of hydrogen-bond acceptors (Lipinski definition) is 6. The SMILES string of the molecule is CCOc1ccc(/C=N/NC(=O)c2nc(-c3ccccc3)cc(-c3ccccc3)n2)c(O)c1. The molecule has 0 spiro atoms. The van der Waals surface area contributed by atoms with Gasteiger partial charge < -0.3 is 9.84 Å². The summed E-state index contributed by atoms with van der Waals surface area (Å²) in [6.07, 6.45) is 1.35. The Hall–Kier alpha value is -4.52. The molecule has 0 bridgehead atoms. The highest BCUT2D eigenvalue weighted by atomic mass is 16.5. The number of rotatable bonds is 7. The molecule has 0 unspecified atom stereocenters. The third kappa shape index (κ3) is 5.40. The first-order chi connectivity index (χ1) is 16.1. The highest BCUT2D eigenvalue weighted by Gasteiger charge is 2.14. The van der Waals surface area contributed by atoms with Gasteiger partial charge in [0.05, 0.1) is 24.2 Å². The van der Waals surface area contributed by atoms with Crippen molar-refractivity contribution in [2.45, 2.75) is 6.92 Å². The highest BCUT2D eigenvalue weighted by Crippen LogP contribution is 2.24. The van der Waals surface area contributed by atoms with Gasteiger partial charge in [-0.1, -0.05) is 60.7 Å². The number of phenols is 1. The van der Waals surface area contributed by atoms with E-state index in [1.807, 2.05) is 73.7 Å². The van der Waals surface area contributed by atoms with Gasteiger partial charge in [0.1, 0.15) is 11.5 Å². The van der Waals surface area contributed by atoms with E-state index in [1.165, 1.54) is 12.3 Å². The fraction of sp³-hybridized carbons (Fsp3) is 0.0769. The quantitative estimate of drug-likeness (QED) is 0.323. The maximum atomic E-state index is 12.8. The summed E-state index contributed by atoms with van der Waals surface area (Å²) in [5.41, 5.74) is 5.86. The van der Waals surface area contributed by atoms with Gasteiger partial charge in [-0.15, -0.1) is 0 Å². The maximum absolute atomic E-state index is 12.8. The number of aromatic hydroxyl groups is 1. The largest absolute Gasteiger partial charge is 0.507 e. The van der Waals surface area contributed by atoms with E-state index >= 15 is 0 Å². The lowest BCUT2D eigenvalue weighted by atomic mass is 10.1. The maximum Gasteiger partial charge on any atom is 0.309 e. The van der Waals surface area contributed by atoms with Gasteiger partial charge in [0.2, 0.25) is 5.82 Å². The summed E-state index contributed by atoms with van der Waals surface area (Å²) < 4.78 is 5.35. The standard InChI is InChI=1S/C26H22N4O3/c1-2-33-21-14-13-20(24(31)15-21)17-27-30-26(32)25-28-22(18-9-5-3-6-10-18)16-23(29-25)19-11-7-4-8-12-19/h3-17,31H,2H2,1H3,(H,30,32)/b27-17+. The van der Waals surface area contributed by atoms with Crippen LogP contribution in [-0.4, -0.2) is 33.8 Å². The fourth-order valence-electron chi connectivity index (χ4n) is 3.16. The van der Waals surface area contributed by atoms with E-state index in [4.69, 9.17) is 4.74 Å². The second-order valence-corrected chi connectivity index (χ2v) is 7.05. The Bertz CT molecular complexity index is 1220. The zero-order chi connectivity index (χ0) is 23.0. The van der Waals surface area contributed by atoms with Gasteiger partial charge in [-0.2, -0.15) is 5.10 Å². The Labute approximate surface area is 191 Å². The molecule has 0 saturated heterocycles. The molecule has 4 aromatic rings. The molecule has 164 valence electrons. The Kier molecular flexibility index (Phi) is 6.70. The van der Waals surface area contributed by atoms with Crippen LogP contribution < -0.4 is 10.2 Å². The third-order valence-electron chi connectivity index (χ3n) is 4.75. The van der Waals surface area contributed by atoms with Crippen molar-refractivity contribution in [2.24, 2.45) is 5.10 Å². The first-order valence-corrected chi connectivity index (χ1v) is 10.4. The van der Waals surface area contributed by atoms with Crippen molar-refractivity contribution >= 4 is 12.1 Å². The van der Waals surface area contributed by atoms with E-state index in [2.05, 4.69) is 20.5 Å². The first-order valence-electron chi connectivity index (χ1n) is 10.4. The molecule has 1 aromatic heterocycles. The van der Waals surface area contributed by atoms with Crippen molar-refractivity contribution in [1.29, 1.82) is 0 Å². The summed E-state index contributed by atoms with van der Waals surface area (Å²) in [5, 5.41) is 14.1. The van der Waals surface area contributed by atoms with Gasteiger partial charge in [0.15, 0.2) is 0 Å². The fourth-order valence-corrected chi connectivity index (χ4v) is 3.16. The molecule has 2 N–H and O–H groups in total. The minimum absolute atomic E-state index is 0.00682. The Morgan fingerprint density at radius 1 is 0.939 bits per heavy atom. The number of carbonyl (C=O) groups is 1. The molecule has 1 heterocycles. The predicted octanol–water partition coefficient (Wildman–Crippen LogP) is 4.68. The number of hydrazone groups is 1. The van der Waals surface area contributed by atoms with Crippen LogP contribution in [-0.2, 0) is 0 Å².